The normalized spacial score (nSPS) is 10.6. The maximum absolute atomic E-state index is 13.0. The van der Waals surface area contributed by atoms with Crippen LogP contribution in [0.4, 0.5) is 9.18 Å². The molecule has 2 rings (SSSR count). The number of aryl methyl sites for hydroxylation is 2. The first-order valence-electron chi connectivity index (χ1n) is 7.49. The molecule has 1 aromatic heterocycles. The lowest BCUT2D eigenvalue weighted by atomic mass is 10.2. The van der Waals surface area contributed by atoms with Crippen LogP contribution in [0, 0.1) is 12.7 Å². The summed E-state index contributed by atoms with van der Waals surface area (Å²) < 4.78 is 15.1. The zero-order chi connectivity index (χ0) is 16.7. The summed E-state index contributed by atoms with van der Waals surface area (Å²) in [6.45, 7) is 3.76. The lowest BCUT2D eigenvalue weighted by Crippen LogP contribution is -2.35. The third kappa shape index (κ3) is 5.56. The van der Waals surface area contributed by atoms with Gasteiger partial charge in [-0.2, -0.15) is 0 Å². The standard InChI is InChI=1S/C16H20ClFN4O/c1-12-19-7-9-22(12)8-3-2-6-20-16(23)21-11-13-4-5-15(18)14(17)10-13/h4-5,7,9-10H,2-3,6,8,11H2,1H3,(H2,20,21,23). The number of rotatable bonds is 7. The van der Waals surface area contributed by atoms with Gasteiger partial charge in [-0.05, 0) is 37.5 Å². The van der Waals surface area contributed by atoms with Gasteiger partial charge >= 0.3 is 6.03 Å². The number of urea groups is 1. The number of amides is 2. The molecule has 124 valence electrons. The number of aromatic nitrogens is 2. The Balaban J connectivity index is 1.60. The van der Waals surface area contributed by atoms with Crippen molar-refractivity contribution in [3.05, 3.63) is 52.8 Å². The monoisotopic (exact) mass is 338 g/mol. The highest BCUT2D eigenvalue weighted by Gasteiger charge is 2.03. The Morgan fingerprint density at radius 1 is 1.35 bits per heavy atom. The van der Waals surface area contributed by atoms with Crippen molar-refractivity contribution < 1.29 is 9.18 Å². The predicted octanol–water partition coefficient (Wildman–Crippen LogP) is 3.26. The number of hydrogen-bond acceptors (Lipinski definition) is 2. The zero-order valence-corrected chi connectivity index (χ0v) is 13.7. The number of nitrogens with zero attached hydrogens (tertiary/aromatic N) is 2. The predicted molar refractivity (Wildman–Crippen MR) is 87.8 cm³/mol. The Kier molecular flexibility index (Phi) is 6.40. The van der Waals surface area contributed by atoms with Crippen molar-refractivity contribution in [2.24, 2.45) is 0 Å². The fourth-order valence-corrected chi connectivity index (χ4v) is 2.35. The van der Waals surface area contributed by atoms with Crippen LogP contribution in [-0.2, 0) is 13.1 Å². The number of nitrogens with one attached hydrogen (secondary N) is 2. The molecule has 0 saturated heterocycles. The van der Waals surface area contributed by atoms with E-state index in [4.69, 9.17) is 11.6 Å². The zero-order valence-electron chi connectivity index (χ0n) is 13.0. The summed E-state index contributed by atoms with van der Waals surface area (Å²) in [5.41, 5.74) is 0.752. The minimum atomic E-state index is -0.465. The molecule has 0 aliphatic carbocycles. The van der Waals surface area contributed by atoms with E-state index < -0.39 is 5.82 Å². The molecule has 7 heteroatoms. The molecule has 0 spiro atoms. The first-order chi connectivity index (χ1) is 11.1. The summed E-state index contributed by atoms with van der Waals surface area (Å²) in [4.78, 5) is 15.8. The van der Waals surface area contributed by atoms with Crippen LogP contribution < -0.4 is 10.6 Å². The van der Waals surface area contributed by atoms with Crippen LogP contribution in [0.5, 0.6) is 0 Å². The first-order valence-corrected chi connectivity index (χ1v) is 7.87. The molecule has 0 saturated carbocycles. The molecule has 5 nitrogen and oxygen atoms in total. The molecule has 1 heterocycles. The average molecular weight is 339 g/mol. The van der Waals surface area contributed by atoms with Crippen molar-refractivity contribution in [1.29, 1.82) is 0 Å². The lowest BCUT2D eigenvalue weighted by Gasteiger charge is -2.09. The second-order valence-corrected chi connectivity index (χ2v) is 5.64. The molecule has 0 unspecified atom stereocenters. The van der Waals surface area contributed by atoms with E-state index in [9.17, 15) is 9.18 Å². The number of unbranched alkanes of at least 4 members (excludes halogenated alkanes) is 1. The average Bonchev–Trinajstić information content (AvgIpc) is 2.93. The van der Waals surface area contributed by atoms with E-state index in [0.717, 1.165) is 30.8 Å². The lowest BCUT2D eigenvalue weighted by molar-refractivity contribution is 0.240. The van der Waals surface area contributed by atoms with Gasteiger partial charge in [0, 0.05) is 32.0 Å². The third-order valence-corrected chi connectivity index (χ3v) is 3.76. The second kappa shape index (κ2) is 8.53. The van der Waals surface area contributed by atoms with Gasteiger partial charge in [0.2, 0.25) is 0 Å². The van der Waals surface area contributed by atoms with Crippen LogP contribution in [0.25, 0.3) is 0 Å². The summed E-state index contributed by atoms with van der Waals surface area (Å²) in [7, 11) is 0. The Labute approximate surface area is 139 Å². The van der Waals surface area contributed by atoms with Crippen molar-refractivity contribution >= 4 is 17.6 Å². The number of carbonyl (C=O) groups is 1. The van der Waals surface area contributed by atoms with Crippen molar-refractivity contribution in [1.82, 2.24) is 20.2 Å². The van der Waals surface area contributed by atoms with E-state index in [1.807, 2.05) is 13.1 Å². The van der Waals surface area contributed by atoms with E-state index in [2.05, 4.69) is 20.2 Å². The minimum absolute atomic E-state index is 0.0551. The topological polar surface area (TPSA) is 59.0 Å². The van der Waals surface area contributed by atoms with Gasteiger partial charge in [-0.25, -0.2) is 14.2 Å². The van der Waals surface area contributed by atoms with E-state index in [1.165, 1.54) is 12.1 Å². The molecule has 0 aliphatic rings. The Hall–Kier alpha value is -2.08. The van der Waals surface area contributed by atoms with Crippen LogP contribution in [0.1, 0.15) is 24.2 Å². The highest BCUT2D eigenvalue weighted by Crippen LogP contribution is 2.15. The summed E-state index contributed by atoms with van der Waals surface area (Å²) in [5, 5.41) is 5.56. The molecule has 1 aromatic carbocycles. The Bertz CT molecular complexity index is 659. The van der Waals surface area contributed by atoms with Crippen LogP contribution in [0.3, 0.4) is 0 Å². The number of imidazole rings is 1. The van der Waals surface area contributed by atoms with Crippen molar-refractivity contribution in [2.75, 3.05) is 6.54 Å². The fourth-order valence-electron chi connectivity index (χ4n) is 2.14. The van der Waals surface area contributed by atoms with Crippen LogP contribution >= 0.6 is 11.6 Å². The van der Waals surface area contributed by atoms with Crippen molar-refractivity contribution in [3.8, 4) is 0 Å². The molecule has 2 aromatic rings. The second-order valence-electron chi connectivity index (χ2n) is 5.23. The maximum Gasteiger partial charge on any atom is 0.315 e. The van der Waals surface area contributed by atoms with Gasteiger partial charge < -0.3 is 15.2 Å². The van der Waals surface area contributed by atoms with Crippen molar-refractivity contribution in [3.63, 3.8) is 0 Å². The number of halogens is 2. The molecule has 0 aliphatic heterocycles. The van der Waals surface area contributed by atoms with E-state index in [0.29, 0.717) is 13.1 Å². The van der Waals surface area contributed by atoms with Gasteiger partial charge in [-0.1, -0.05) is 17.7 Å². The van der Waals surface area contributed by atoms with Crippen LogP contribution in [0.15, 0.2) is 30.6 Å². The Morgan fingerprint density at radius 2 is 2.17 bits per heavy atom. The van der Waals surface area contributed by atoms with Crippen LogP contribution in [0.2, 0.25) is 5.02 Å². The highest BCUT2D eigenvalue weighted by atomic mass is 35.5. The molecule has 0 bridgehead atoms. The largest absolute Gasteiger partial charge is 0.338 e. The minimum Gasteiger partial charge on any atom is -0.338 e. The molecule has 2 N–H and O–H groups in total. The fraction of sp³-hybridized carbons (Fsp3) is 0.375. The first kappa shape index (κ1) is 17.3. The summed E-state index contributed by atoms with van der Waals surface area (Å²) in [6, 6.07) is 4.14. The van der Waals surface area contributed by atoms with E-state index >= 15 is 0 Å². The molecule has 0 atom stereocenters. The summed E-state index contributed by atoms with van der Waals surface area (Å²) in [5.74, 6) is 0.529. The van der Waals surface area contributed by atoms with Gasteiger partial charge in [0.1, 0.15) is 11.6 Å². The Morgan fingerprint density at radius 3 is 2.87 bits per heavy atom. The van der Waals surface area contributed by atoms with Gasteiger partial charge in [0.25, 0.3) is 0 Å². The number of hydrogen-bond donors (Lipinski definition) is 2. The SMILES string of the molecule is Cc1nccn1CCCCNC(=O)NCc1ccc(F)c(Cl)c1. The van der Waals surface area contributed by atoms with Gasteiger partial charge in [0.15, 0.2) is 0 Å². The maximum atomic E-state index is 13.0. The third-order valence-electron chi connectivity index (χ3n) is 3.47. The molecule has 0 fully saturated rings. The molecular formula is C16H20ClFN4O. The number of benzene rings is 1. The summed E-state index contributed by atoms with van der Waals surface area (Å²) in [6.07, 6.45) is 5.57. The van der Waals surface area contributed by atoms with Crippen molar-refractivity contribution in [2.45, 2.75) is 32.9 Å². The van der Waals surface area contributed by atoms with E-state index in [1.54, 1.807) is 12.3 Å². The molecule has 2 amide bonds. The van der Waals surface area contributed by atoms with E-state index in [-0.39, 0.29) is 11.1 Å². The molecule has 23 heavy (non-hydrogen) atoms. The summed E-state index contributed by atoms with van der Waals surface area (Å²) >= 11 is 5.69. The molecular weight excluding hydrogens is 319 g/mol. The number of carbonyl (C=O) groups excluding carboxylic acids is 1. The van der Waals surface area contributed by atoms with Gasteiger partial charge in [-0.15, -0.1) is 0 Å². The van der Waals surface area contributed by atoms with Gasteiger partial charge in [-0.3, -0.25) is 0 Å². The smallest absolute Gasteiger partial charge is 0.315 e. The molecule has 0 radical (unpaired) electrons. The van der Waals surface area contributed by atoms with Gasteiger partial charge in [0.05, 0.1) is 5.02 Å². The van der Waals surface area contributed by atoms with Crippen LogP contribution in [-0.4, -0.2) is 22.1 Å². The quantitative estimate of drug-likeness (QED) is 0.761. The highest BCUT2D eigenvalue weighted by molar-refractivity contribution is 6.30.